The summed E-state index contributed by atoms with van der Waals surface area (Å²) in [5.41, 5.74) is -2.02. The number of likely N-dealkylation sites (tertiary alicyclic amines) is 1. The molecule has 2 aliphatic rings. The van der Waals surface area contributed by atoms with Gasteiger partial charge in [-0.2, -0.15) is 18.3 Å². The van der Waals surface area contributed by atoms with Gasteiger partial charge in [0, 0.05) is 30.9 Å². The summed E-state index contributed by atoms with van der Waals surface area (Å²) in [4.78, 5) is 29.8. The van der Waals surface area contributed by atoms with Crippen LogP contribution in [0, 0.1) is 18.3 Å². The molecule has 1 saturated heterocycles. The van der Waals surface area contributed by atoms with E-state index in [1.807, 2.05) is 18.6 Å². The fraction of sp³-hybridized carbons (Fsp3) is 0.552. The lowest BCUT2D eigenvalue weighted by Gasteiger charge is -2.28. The molecule has 1 aliphatic carbocycles. The highest BCUT2D eigenvalue weighted by atomic mass is 35.5. The number of aryl methyl sites for hydroxylation is 1. The number of alkyl halides is 3. The van der Waals surface area contributed by atoms with Crippen LogP contribution in [-0.2, 0) is 16.6 Å². The zero-order chi connectivity index (χ0) is 34.4. The molecule has 47 heavy (non-hydrogen) atoms. The SMILES string of the molecule is Cc1c(S(=O)(=O)NC(=O)c2ccc(-n3ccc(OCCC4(C(F)(F)F)CC4)n3)nc2Cl)cnn1CCC[C@@H]1CN(C(=O)O)C(C)(C)C1. The standard InChI is InChI=1S/C29H35ClF3N7O6S/c1-18-21(16-34-39(18)12-4-5-19-15-27(2,3)38(17-19)26(42)43)47(44,45)37-25(41)20-6-7-22(35-24(20)30)40-13-8-23(36-40)46-14-11-28(9-10-28)29(31,32)33/h6-8,13,16,19H,4-5,9-12,14-15,17H2,1-3H3,(H,37,41)(H,42,43)/t19-/m0/s1. The number of carbonyl (C=O) groups excluding carboxylic acids is 1. The van der Waals surface area contributed by atoms with E-state index in [1.165, 1.54) is 38.7 Å². The first-order valence-corrected chi connectivity index (χ1v) is 16.8. The van der Waals surface area contributed by atoms with E-state index in [4.69, 9.17) is 16.3 Å². The van der Waals surface area contributed by atoms with E-state index in [2.05, 4.69) is 15.2 Å². The molecule has 3 aromatic heterocycles. The zero-order valence-electron chi connectivity index (χ0n) is 25.9. The first kappa shape index (κ1) is 34.5. The van der Waals surface area contributed by atoms with Gasteiger partial charge in [0.15, 0.2) is 5.82 Å². The predicted molar refractivity (Wildman–Crippen MR) is 162 cm³/mol. The van der Waals surface area contributed by atoms with E-state index in [9.17, 15) is 36.3 Å². The van der Waals surface area contributed by atoms with Crippen LogP contribution in [0.1, 0.15) is 68.4 Å². The van der Waals surface area contributed by atoms with Crippen molar-refractivity contribution in [3.63, 3.8) is 0 Å². The van der Waals surface area contributed by atoms with E-state index in [1.54, 1.807) is 6.92 Å². The average molecular weight is 702 g/mol. The number of pyridine rings is 1. The summed E-state index contributed by atoms with van der Waals surface area (Å²) in [6, 6.07) is 4.09. The smallest absolute Gasteiger partial charge is 0.407 e. The van der Waals surface area contributed by atoms with Gasteiger partial charge in [-0.15, -0.1) is 5.10 Å². The van der Waals surface area contributed by atoms with E-state index < -0.39 is 39.2 Å². The highest BCUT2D eigenvalue weighted by Crippen LogP contribution is 2.59. The van der Waals surface area contributed by atoms with Gasteiger partial charge in [-0.1, -0.05) is 11.6 Å². The van der Waals surface area contributed by atoms with Gasteiger partial charge in [-0.05, 0) is 77.3 Å². The number of nitrogens with one attached hydrogen (secondary N) is 1. The monoisotopic (exact) mass is 701 g/mol. The molecule has 2 fully saturated rings. The quantitative estimate of drug-likeness (QED) is 0.241. The number of carboxylic acid groups (broad SMARTS) is 1. The number of sulfonamides is 1. The number of carbonyl (C=O) groups is 2. The Balaban J connectivity index is 1.16. The molecule has 1 atom stereocenters. The lowest BCUT2D eigenvalue weighted by atomic mass is 9.93. The number of halogens is 4. The van der Waals surface area contributed by atoms with Crippen LogP contribution in [0.4, 0.5) is 18.0 Å². The van der Waals surface area contributed by atoms with Gasteiger partial charge in [0.05, 0.1) is 29.5 Å². The van der Waals surface area contributed by atoms with Gasteiger partial charge < -0.3 is 14.7 Å². The van der Waals surface area contributed by atoms with Crippen molar-refractivity contribution in [2.24, 2.45) is 11.3 Å². The Kier molecular flexibility index (Phi) is 9.27. The lowest BCUT2D eigenvalue weighted by molar-refractivity contribution is -0.190. The Hall–Kier alpha value is -3.86. The van der Waals surface area contributed by atoms with E-state index in [0.717, 1.165) is 19.0 Å². The molecule has 18 heteroatoms. The molecule has 0 bridgehead atoms. The maximum Gasteiger partial charge on any atom is 0.407 e. The molecule has 2 amide bonds. The normalized spacial score (nSPS) is 18.7. The highest BCUT2D eigenvalue weighted by Gasteiger charge is 2.62. The second-order valence-electron chi connectivity index (χ2n) is 12.7. The first-order valence-electron chi connectivity index (χ1n) is 14.9. The molecule has 256 valence electrons. The molecule has 1 aliphatic heterocycles. The Bertz CT molecular complexity index is 1770. The van der Waals surface area contributed by atoms with Crippen molar-refractivity contribution < 1.29 is 41.0 Å². The van der Waals surface area contributed by atoms with Crippen LogP contribution in [0.15, 0.2) is 35.5 Å². The molecule has 4 heterocycles. The second kappa shape index (κ2) is 12.6. The minimum atomic E-state index is -4.34. The fourth-order valence-corrected chi connectivity index (χ4v) is 7.39. The number of rotatable bonds is 12. The van der Waals surface area contributed by atoms with Gasteiger partial charge in [-0.3, -0.25) is 9.48 Å². The van der Waals surface area contributed by atoms with E-state index in [-0.39, 0.29) is 59.1 Å². The number of hydrogen-bond acceptors (Lipinski definition) is 8. The molecule has 0 aromatic carbocycles. The molecule has 2 N–H and O–H groups in total. The van der Waals surface area contributed by atoms with Crippen molar-refractivity contribution in [2.45, 2.75) is 82.5 Å². The van der Waals surface area contributed by atoms with Crippen molar-refractivity contribution in [1.82, 2.24) is 34.2 Å². The summed E-state index contributed by atoms with van der Waals surface area (Å²) in [7, 11) is -4.34. The first-order chi connectivity index (χ1) is 21.9. The topological polar surface area (TPSA) is 162 Å². The molecule has 3 aromatic rings. The zero-order valence-corrected chi connectivity index (χ0v) is 27.5. The summed E-state index contributed by atoms with van der Waals surface area (Å²) >= 11 is 6.23. The van der Waals surface area contributed by atoms with Crippen LogP contribution in [0.3, 0.4) is 0 Å². The molecular weight excluding hydrogens is 667 g/mol. The summed E-state index contributed by atoms with van der Waals surface area (Å²) < 4.78 is 75.8. The molecule has 1 saturated carbocycles. The van der Waals surface area contributed by atoms with Gasteiger partial charge in [0.1, 0.15) is 10.0 Å². The van der Waals surface area contributed by atoms with Crippen LogP contribution < -0.4 is 9.46 Å². The number of amides is 2. The Morgan fingerprint density at radius 2 is 1.94 bits per heavy atom. The van der Waals surface area contributed by atoms with E-state index >= 15 is 0 Å². The summed E-state index contributed by atoms with van der Waals surface area (Å²) in [6.07, 6.45) is -0.497. The largest absolute Gasteiger partial charge is 0.477 e. The maximum absolute atomic E-state index is 13.1. The fourth-order valence-electron chi connectivity index (χ4n) is 6.01. The molecule has 0 spiro atoms. The maximum atomic E-state index is 13.1. The van der Waals surface area contributed by atoms with E-state index in [0.29, 0.717) is 25.2 Å². The second-order valence-corrected chi connectivity index (χ2v) is 14.7. The third-order valence-corrected chi connectivity index (χ3v) is 10.6. The minimum absolute atomic E-state index is 0.0806. The number of nitrogens with zero attached hydrogens (tertiary/aromatic N) is 6. The van der Waals surface area contributed by atoms with Crippen LogP contribution in [-0.4, -0.2) is 79.8 Å². The average Bonchev–Trinajstić information content (AvgIpc) is 3.29. The summed E-state index contributed by atoms with van der Waals surface area (Å²) in [6.45, 7) is 6.05. The summed E-state index contributed by atoms with van der Waals surface area (Å²) in [5.74, 6) is -0.597. The van der Waals surface area contributed by atoms with Crippen LogP contribution in [0.25, 0.3) is 5.82 Å². The van der Waals surface area contributed by atoms with Crippen molar-refractivity contribution in [3.8, 4) is 11.7 Å². The summed E-state index contributed by atoms with van der Waals surface area (Å²) in [5, 5.41) is 17.4. The molecule has 5 rings (SSSR count). The van der Waals surface area contributed by atoms with Crippen molar-refractivity contribution in [1.29, 1.82) is 0 Å². The van der Waals surface area contributed by atoms with Crippen LogP contribution >= 0.6 is 11.6 Å². The molecular formula is C29H35ClF3N7O6S. The number of hydrogen-bond donors (Lipinski definition) is 2. The number of ether oxygens (including phenoxy) is 1. The number of aromatic nitrogens is 5. The van der Waals surface area contributed by atoms with Gasteiger partial charge in [0.25, 0.3) is 15.9 Å². The van der Waals surface area contributed by atoms with Crippen molar-refractivity contribution in [3.05, 3.63) is 47.0 Å². The highest BCUT2D eigenvalue weighted by molar-refractivity contribution is 7.90. The van der Waals surface area contributed by atoms with Gasteiger partial charge in [-0.25, -0.2) is 27.6 Å². The molecule has 0 unspecified atom stereocenters. The van der Waals surface area contributed by atoms with Crippen LogP contribution in [0.2, 0.25) is 5.15 Å². The molecule has 0 radical (unpaired) electrons. The van der Waals surface area contributed by atoms with Crippen LogP contribution in [0.5, 0.6) is 5.88 Å². The van der Waals surface area contributed by atoms with Crippen molar-refractivity contribution >= 4 is 33.6 Å². The van der Waals surface area contributed by atoms with Gasteiger partial charge in [0.2, 0.25) is 5.88 Å². The third kappa shape index (κ3) is 7.35. The minimum Gasteiger partial charge on any atom is -0.477 e. The Morgan fingerprint density at radius 1 is 1.21 bits per heavy atom. The third-order valence-electron chi connectivity index (χ3n) is 8.91. The predicted octanol–water partition coefficient (Wildman–Crippen LogP) is 5.21. The lowest BCUT2D eigenvalue weighted by Crippen LogP contribution is -2.41. The Morgan fingerprint density at radius 3 is 2.55 bits per heavy atom. The molecule has 13 nitrogen and oxygen atoms in total. The van der Waals surface area contributed by atoms with Gasteiger partial charge >= 0.3 is 12.3 Å². The van der Waals surface area contributed by atoms with Crippen molar-refractivity contribution in [2.75, 3.05) is 13.2 Å². The Labute approximate surface area is 274 Å².